The van der Waals surface area contributed by atoms with Crippen molar-refractivity contribution in [1.82, 2.24) is 4.98 Å². The van der Waals surface area contributed by atoms with Crippen molar-refractivity contribution in [1.29, 1.82) is 0 Å². The van der Waals surface area contributed by atoms with Gasteiger partial charge in [-0.05, 0) is 19.1 Å². The minimum atomic E-state index is -3.94. The smallest absolute Gasteiger partial charge is 0.306 e. The summed E-state index contributed by atoms with van der Waals surface area (Å²) in [6.45, 7) is 1.76. The Labute approximate surface area is 124 Å². The van der Waals surface area contributed by atoms with Crippen LogP contribution < -0.4 is 16.0 Å². The molecule has 112 valence electrons. The van der Waals surface area contributed by atoms with Crippen molar-refractivity contribution in [2.75, 3.05) is 10.1 Å². The summed E-state index contributed by atoms with van der Waals surface area (Å²) in [7, 11) is -3.94. The molecule has 0 fully saturated rings. The number of nitrogens with two attached hydrogens (primary N) is 1. The second-order valence-electron chi connectivity index (χ2n) is 3.98. The summed E-state index contributed by atoms with van der Waals surface area (Å²) < 4.78 is 26.4. The van der Waals surface area contributed by atoms with Gasteiger partial charge in [0.25, 0.3) is 10.0 Å². The van der Waals surface area contributed by atoms with Gasteiger partial charge < -0.3 is 5.43 Å². The van der Waals surface area contributed by atoms with Crippen molar-refractivity contribution < 1.29 is 13.3 Å². The topological polar surface area (TPSA) is 140 Å². The van der Waals surface area contributed by atoms with E-state index < -0.39 is 20.6 Å². The Hall–Kier alpha value is -2.24. The Kier molecular flexibility index (Phi) is 4.06. The Morgan fingerprint density at radius 3 is 2.62 bits per heavy atom. The van der Waals surface area contributed by atoms with Gasteiger partial charge in [-0.15, -0.1) is 0 Å². The number of hydrogen-bond donors (Lipinski definition) is 3. The molecule has 0 aromatic carbocycles. The van der Waals surface area contributed by atoms with Crippen molar-refractivity contribution in [3.63, 3.8) is 0 Å². The molecule has 0 spiro atoms. The molecule has 9 nitrogen and oxygen atoms in total. The second kappa shape index (κ2) is 5.63. The highest BCUT2D eigenvalue weighted by molar-refractivity contribution is 7.94. The second-order valence-corrected chi connectivity index (χ2v) is 6.94. The Morgan fingerprint density at radius 2 is 2.14 bits per heavy atom. The van der Waals surface area contributed by atoms with Gasteiger partial charge in [-0.2, -0.15) is 0 Å². The zero-order valence-electron chi connectivity index (χ0n) is 10.7. The number of nitrogens with zero attached hydrogens (tertiary/aromatic N) is 2. The van der Waals surface area contributed by atoms with Gasteiger partial charge in [-0.25, -0.2) is 14.3 Å². The molecule has 2 aromatic heterocycles. The molecule has 0 atom stereocenters. The fourth-order valence-corrected chi connectivity index (χ4v) is 3.75. The number of hydrazine groups is 1. The van der Waals surface area contributed by atoms with Gasteiger partial charge in [-0.1, -0.05) is 11.3 Å². The molecule has 21 heavy (non-hydrogen) atoms. The third-order valence-corrected chi connectivity index (χ3v) is 5.36. The average molecular weight is 329 g/mol. The van der Waals surface area contributed by atoms with Crippen LogP contribution in [0.4, 0.5) is 16.4 Å². The van der Waals surface area contributed by atoms with Crippen LogP contribution in [0.25, 0.3) is 0 Å². The molecule has 2 heterocycles. The predicted molar refractivity (Wildman–Crippen MR) is 78.6 cm³/mol. The van der Waals surface area contributed by atoms with Crippen LogP contribution in [0, 0.1) is 17.0 Å². The molecule has 0 saturated carbocycles. The molecular weight excluding hydrogens is 318 g/mol. The molecule has 0 bridgehead atoms. The summed E-state index contributed by atoms with van der Waals surface area (Å²) in [5, 5.41) is 10.8. The number of hydrogen-bond acceptors (Lipinski definition) is 8. The highest BCUT2D eigenvalue weighted by Gasteiger charge is 2.26. The number of anilines is 2. The van der Waals surface area contributed by atoms with Crippen LogP contribution in [-0.4, -0.2) is 18.3 Å². The summed E-state index contributed by atoms with van der Waals surface area (Å²) >= 11 is 0.669. The molecule has 0 radical (unpaired) electrons. The molecular formula is C10H11N5O4S2. The molecule has 0 saturated heterocycles. The number of sulfonamides is 1. The molecule has 0 amide bonds. The van der Waals surface area contributed by atoms with E-state index in [1.54, 1.807) is 19.1 Å². The SMILES string of the molecule is Cc1ccc(NS(=O)(=O)c2cc([N+](=O)[O-])c(NN)s2)cn1. The van der Waals surface area contributed by atoms with Crippen molar-refractivity contribution in [3.05, 3.63) is 40.2 Å². The number of pyridine rings is 1. The number of thiophene rings is 1. The lowest BCUT2D eigenvalue weighted by atomic mass is 10.4. The van der Waals surface area contributed by atoms with E-state index in [1.165, 1.54) is 6.20 Å². The van der Waals surface area contributed by atoms with Crippen molar-refractivity contribution in [3.8, 4) is 0 Å². The van der Waals surface area contributed by atoms with E-state index in [9.17, 15) is 18.5 Å². The number of aromatic nitrogens is 1. The van der Waals surface area contributed by atoms with Gasteiger partial charge in [0, 0.05) is 11.8 Å². The van der Waals surface area contributed by atoms with Gasteiger partial charge in [0.15, 0.2) is 5.00 Å². The average Bonchev–Trinajstić information content (AvgIpc) is 2.86. The lowest BCUT2D eigenvalue weighted by molar-refractivity contribution is -0.383. The third kappa shape index (κ3) is 3.26. The number of nitrogen functional groups attached to an aromatic ring is 1. The fourth-order valence-electron chi connectivity index (χ4n) is 1.46. The fraction of sp³-hybridized carbons (Fsp3) is 0.100. The molecule has 0 aliphatic rings. The third-order valence-electron chi connectivity index (χ3n) is 2.45. The maximum Gasteiger partial charge on any atom is 0.306 e. The van der Waals surface area contributed by atoms with Crippen LogP contribution in [0.5, 0.6) is 0 Å². The minimum Gasteiger partial charge on any atom is -0.310 e. The summed E-state index contributed by atoms with van der Waals surface area (Å²) in [4.78, 5) is 14.1. The first-order chi connectivity index (χ1) is 9.83. The zero-order chi connectivity index (χ0) is 15.6. The Balaban J connectivity index is 2.35. The maximum absolute atomic E-state index is 12.2. The maximum atomic E-state index is 12.2. The monoisotopic (exact) mass is 329 g/mol. The number of nitro groups is 1. The lowest BCUT2D eigenvalue weighted by Crippen LogP contribution is -2.11. The van der Waals surface area contributed by atoms with Crippen LogP contribution in [0.3, 0.4) is 0 Å². The zero-order valence-corrected chi connectivity index (χ0v) is 12.4. The first-order valence-corrected chi connectivity index (χ1v) is 7.84. The standard InChI is InChI=1S/C10H11N5O4S2/c1-6-2-3-7(5-12-6)14-21(18,19)9-4-8(15(16)17)10(13-11)20-9/h2-5,13-14H,11H2,1H3. The Bertz CT molecular complexity index is 769. The van der Waals surface area contributed by atoms with E-state index >= 15 is 0 Å². The minimum absolute atomic E-state index is 0.0394. The summed E-state index contributed by atoms with van der Waals surface area (Å²) in [5.41, 5.74) is 2.71. The van der Waals surface area contributed by atoms with E-state index in [0.717, 1.165) is 11.8 Å². The first kappa shape index (κ1) is 15.2. The van der Waals surface area contributed by atoms with Gasteiger partial charge in [0.05, 0.1) is 16.8 Å². The van der Waals surface area contributed by atoms with E-state index in [2.05, 4.69) is 15.1 Å². The number of aryl methyl sites for hydroxylation is 1. The molecule has 2 aromatic rings. The Morgan fingerprint density at radius 1 is 1.43 bits per heavy atom. The number of rotatable bonds is 5. The van der Waals surface area contributed by atoms with Crippen molar-refractivity contribution in [2.24, 2.45) is 5.84 Å². The van der Waals surface area contributed by atoms with Crippen LogP contribution in [0.1, 0.15) is 5.69 Å². The summed E-state index contributed by atoms with van der Waals surface area (Å²) in [6, 6.07) is 4.13. The molecule has 11 heteroatoms. The normalized spacial score (nSPS) is 11.1. The van der Waals surface area contributed by atoms with Crippen LogP contribution in [0.15, 0.2) is 28.6 Å². The quantitative estimate of drug-likeness (QED) is 0.428. The molecule has 2 rings (SSSR count). The largest absolute Gasteiger partial charge is 0.310 e. The van der Waals surface area contributed by atoms with Crippen LogP contribution >= 0.6 is 11.3 Å². The van der Waals surface area contributed by atoms with Gasteiger partial charge >= 0.3 is 5.69 Å². The van der Waals surface area contributed by atoms with E-state index in [4.69, 9.17) is 5.84 Å². The lowest BCUT2D eigenvalue weighted by Gasteiger charge is -2.05. The van der Waals surface area contributed by atoms with Gasteiger partial charge in [0.2, 0.25) is 0 Å². The summed E-state index contributed by atoms with van der Waals surface area (Å²) in [6.07, 6.45) is 1.36. The van der Waals surface area contributed by atoms with E-state index in [0.29, 0.717) is 11.3 Å². The first-order valence-electron chi connectivity index (χ1n) is 5.54. The van der Waals surface area contributed by atoms with Crippen LogP contribution in [0.2, 0.25) is 0 Å². The van der Waals surface area contributed by atoms with Gasteiger partial charge in [-0.3, -0.25) is 19.8 Å². The molecule has 0 unspecified atom stereocenters. The predicted octanol–water partition coefficient (Wildman–Crippen LogP) is 1.45. The highest BCUT2D eigenvalue weighted by Crippen LogP contribution is 2.36. The van der Waals surface area contributed by atoms with Gasteiger partial charge in [0.1, 0.15) is 4.21 Å². The van der Waals surface area contributed by atoms with Crippen LogP contribution in [-0.2, 0) is 10.0 Å². The van der Waals surface area contributed by atoms with Crippen molar-refractivity contribution in [2.45, 2.75) is 11.1 Å². The highest BCUT2D eigenvalue weighted by atomic mass is 32.2. The summed E-state index contributed by atoms with van der Waals surface area (Å²) in [5.74, 6) is 5.15. The molecule has 0 aliphatic heterocycles. The van der Waals surface area contributed by atoms with Crippen molar-refractivity contribution >= 4 is 37.7 Å². The van der Waals surface area contributed by atoms with E-state index in [-0.39, 0.29) is 14.9 Å². The number of nitrogens with one attached hydrogen (secondary N) is 2. The molecule has 0 aliphatic carbocycles. The molecule has 4 N–H and O–H groups in total. The van der Waals surface area contributed by atoms with E-state index in [1.807, 2.05) is 0 Å².